The molecule has 0 saturated heterocycles. The second-order valence-electron chi connectivity index (χ2n) is 2.81. The van der Waals surface area contributed by atoms with Gasteiger partial charge in [0, 0.05) is 6.07 Å². The summed E-state index contributed by atoms with van der Waals surface area (Å²) in [4.78, 5) is 21.8. The Hall–Kier alpha value is -2.10. The van der Waals surface area contributed by atoms with Crippen molar-refractivity contribution in [1.29, 1.82) is 0 Å². The molecule has 1 aromatic carbocycles. The van der Waals surface area contributed by atoms with Gasteiger partial charge in [-0.3, -0.25) is 9.59 Å². The smallest absolute Gasteiger partial charge is 0.193 e. The predicted molar refractivity (Wildman–Crippen MR) is 49.5 cm³/mol. The molecule has 0 bridgehead atoms. The summed E-state index contributed by atoms with van der Waals surface area (Å²) in [6, 6.07) is 5.23. The number of hydrogen-bond acceptors (Lipinski definition) is 4. The topological polar surface area (TPSA) is 67.5 Å². The Balaban J connectivity index is 2.90. The molecular formula is C10H6O4. The second-order valence-corrected chi connectivity index (χ2v) is 2.81. The van der Waals surface area contributed by atoms with Crippen LogP contribution in [0.4, 0.5) is 0 Å². The van der Waals surface area contributed by atoms with Gasteiger partial charge < -0.3 is 9.52 Å². The van der Waals surface area contributed by atoms with E-state index in [9.17, 15) is 9.59 Å². The van der Waals surface area contributed by atoms with E-state index in [1.807, 2.05) is 0 Å². The average Bonchev–Trinajstić information content (AvgIpc) is 2.19. The molecule has 70 valence electrons. The molecule has 1 N–H and O–H groups in total. The van der Waals surface area contributed by atoms with Crippen LogP contribution in [0.1, 0.15) is 10.6 Å². The molecular weight excluding hydrogens is 184 g/mol. The van der Waals surface area contributed by atoms with Crippen LogP contribution in [-0.4, -0.2) is 11.4 Å². The maximum atomic E-state index is 11.4. The highest BCUT2D eigenvalue weighted by molar-refractivity contribution is 5.81. The molecule has 0 unspecified atom stereocenters. The SMILES string of the molecule is O=Cc1cc(=O)c2cc(O)ccc2o1. The lowest BCUT2D eigenvalue weighted by molar-refractivity contribution is 0.110. The minimum atomic E-state index is -0.343. The van der Waals surface area contributed by atoms with Crippen LogP contribution in [0.25, 0.3) is 11.0 Å². The number of benzene rings is 1. The van der Waals surface area contributed by atoms with E-state index in [1.165, 1.54) is 18.2 Å². The summed E-state index contributed by atoms with van der Waals surface area (Å²) in [5, 5.41) is 9.39. The van der Waals surface area contributed by atoms with Gasteiger partial charge in [-0.15, -0.1) is 0 Å². The lowest BCUT2D eigenvalue weighted by Gasteiger charge is -1.97. The fourth-order valence-corrected chi connectivity index (χ4v) is 1.22. The van der Waals surface area contributed by atoms with Crippen molar-refractivity contribution in [3.63, 3.8) is 0 Å². The quantitative estimate of drug-likeness (QED) is 0.688. The lowest BCUT2D eigenvalue weighted by atomic mass is 10.2. The molecule has 4 heteroatoms. The van der Waals surface area contributed by atoms with E-state index in [0.29, 0.717) is 6.29 Å². The first-order valence-corrected chi connectivity index (χ1v) is 3.93. The van der Waals surface area contributed by atoms with Crippen molar-refractivity contribution in [2.45, 2.75) is 0 Å². The third kappa shape index (κ3) is 1.26. The number of phenolic OH excluding ortho intramolecular Hbond substituents is 1. The highest BCUT2D eigenvalue weighted by Crippen LogP contribution is 2.17. The van der Waals surface area contributed by atoms with Gasteiger partial charge in [0.1, 0.15) is 11.3 Å². The Morgan fingerprint density at radius 3 is 2.79 bits per heavy atom. The minimum Gasteiger partial charge on any atom is -0.508 e. The number of hydrogen-bond donors (Lipinski definition) is 1. The molecule has 2 aromatic rings. The number of fused-ring (bicyclic) bond motifs is 1. The van der Waals surface area contributed by atoms with Gasteiger partial charge >= 0.3 is 0 Å². The molecule has 1 heterocycles. The Morgan fingerprint density at radius 2 is 2.07 bits per heavy atom. The first kappa shape index (κ1) is 8.50. The number of phenols is 1. The molecule has 0 aliphatic rings. The Kier molecular flexibility index (Phi) is 1.81. The van der Waals surface area contributed by atoms with Crippen LogP contribution in [0.15, 0.2) is 33.5 Å². The van der Waals surface area contributed by atoms with Gasteiger partial charge in [0.15, 0.2) is 17.5 Å². The number of carbonyl (C=O) groups excluding carboxylic acids is 1. The van der Waals surface area contributed by atoms with Gasteiger partial charge in [-0.25, -0.2) is 0 Å². The van der Waals surface area contributed by atoms with Gasteiger partial charge in [0.25, 0.3) is 0 Å². The van der Waals surface area contributed by atoms with Crippen LogP contribution in [0.5, 0.6) is 5.75 Å². The van der Waals surface area contributed by atoms with E-state index in [2.05, 4.69) is 0 Å². The van der Waals surface area contributed by atoms with E-state index in [4.69, 9.17) is 9.52 Å². The van der Waals surface area contributed by atoms with Crippen LogP contribution in [0, 0.1) is 0 Å². The Bertz CT molecular complexity index is 554. The monoisotopic (exact) mass is 190 g/mol. The Morgan fingerprint density at radius 1 is 1.29 bits per heavy atom. The summed E-state index contributed by atoms with van der Waals surface area (Å²) in [6.07, 6.45) is 0.466. The summed E-state index contributed by atoms with van der Waals surface area (Å²) >= 11 is 0. The summed E-state index contributed by atoms with van der Waals surface area (Å²) in [6.45, 7) is 0. The summed E-state index contributed by atoms with van der Waals surface area (Å²) < 4.78 is 5.07. The van der Waals surface area contributed by atoms with Crippen LogP contribution >= 0.6 is 0 Å². The van der Waals surface area contributed by atoms with Gasteiger partial charge in [0.05, 0.1) is 5.39 Å². The zero-order valence-electron chi connectivity index (χ0n) is 7.06. The molecule has 0 aliphatic heterocycles. The summed E-state index contributed by atoms with van der Waals surface area (Å²) in [5.41, 5.74) is -0.0540. The van der Waals surface area contributed by atoms with Gasteiger partial charge in [0.2, 0.25) is 0 Å². The van der Waals surface area contributed by atoms with Crippen LogP contribution in [0.2, 0.25) is 0 Å². The number of aromatic hydroxyl groups is 1. The molecule has 4 nitrogen and oxygen atoms in total. The van der Waals surface area contributed by atoms with Crippen molar-refractivity contribution in [1.82, 2.24) is 0 Å². The van der Waals surface area contributed by atoms with Crippen LogP contribution in [0.3, 0.4) is 0 Å². The molecule has 0 saturated carbocycles. The van der Waals surface area contributed by atoms with Crippen molar-refractivity contribution in [2.75, 3.05) is 0 Å². The van der Waals surface area contributed by atoms with E-state index < -0.39 is 0 Å². The van der Waals surface area contributed by atoms with E-state index in [-0.39, 0.29) is 27.9 Å². The molecule has 0 spiro atoms. The fourth-order valence-electron chi connectivity index (χ4n) is 1.22. The van der Waals surface area contributed by atoms with Crippen molar-refractivity contribution >= 4 is 17.3 Å². The highest BCUT2D eigenvalue weighted by atomic mass is 16.3. The second kappa shape index (κ2) is 2.99. The summed E-state index contributed by atoms with van der Waals surface area (Å²) in [7, 11) is 0. The maximum Gasteiger partial charge on any atom is 0.193 e. The standard InChI is InChI=1S/C10H6O4/c11-5-7-4-9(13)8-3-6(12)1-2-10(8)14-7/h1-5,12H. The molecule has 2 rings (SSSR count). The van der Waals surface area contributed by atoms with Crippen molar-refractivity contribution in [3.05, 3.63) is 40.2 Å². The number of rotatable bonds is 1. The average molecular weight is 190 g/mol. The molecule has 0 atom stereocenters. The molecule has 0 fully saturated rings. The van der Waals surface area contributed by atoms with Gasteiger partial charge in [-0.2, -0.15) is 0 Å². The van der Waals surface area contributed by atoms with E-state index in [1.54, 1.807) is 0 Å². The van der Waals surface area contributed by atoms with Crippen molar-refractivity contribution < 1.29 is 14.3 Å². The highest BCUT2D eigenvalue weighted by Gasteiger charge is 2.04. The predicted octanol–water partition coefficient (Wildman–Crippen LogP) is 1.31. The molecule has 0 amide bonds. The normalized spacial score (nSPS) is 10.3. The fraction of sp³-hybridized carbons (Fsp3) is 0. The van der Waals surface area contributed by atoms with E-state index in [0.717, 1.165) is 6.07 Å². The maximum absolute atomic E-state index is 11.4. The number of aldehydes is 1. The Labute approximate surface area is 78.4 Å². The third-order valence-electron chi connectivity index (χ3n) is 1.85. The molecule has 14 heavy (non-hydrogen) atoms. The van der Waals surface area contributed by atoms with Gasteiger partial charge in [-0.1, -0.05) is 0 Å². The van der Waals surface area contributed by atoms with E-state index >= 15 is 0 Å². The third-order valence-corrected chi connectivity index (χ3v) is 1.85. The molecule has 0 aliphatic carbocycles. The van der Waals surface area contributed by atoms with Crippen LogP contribution in [-0.2, 0) is 0 Å². The zero-order chi connectivity index (χ0) is 10.1. The first-order chi connectivity index (χ1) is 6.70. The lowest BCUT2D eigenvalue weighted by Crippen LogP contribution is -2.01. The first-order valence-electron chi connectivity index (χ1n) is 3.93. The minimum absolute atomic E-state index is 0.0105. The largest absolute Gasteiger partial charge is 0.508 e. The molecule has 1 aromatic heterocycles. The number of carbonyl (C=O) groups is 1. The van der Waals surface area contributed by atoms with Crippen molar-refractivity contribution in [3.8, 4) is 5.75 Å². The molecule has 0 radical (unpaired) electrons. The zero-order valence-corrected chi connectivity index (χ0v) is 7.06. The van der Waals surface area contributed by atoms with Gasteiger partial charge in [-0.05, 0) is 18.2 Å². The summed E-state index contributed by atoms with van der Waals surface area (Å²) in [5.74, 6) is -0.0307. The van der Waals surface area contributed by atoms with Crippen LogP contribution < -0.4 is 5.43 Å². The van der Waals surface area contributed by atoms with Crippen molar-refractivity contribution in [2.24, 2.45) is 0 Å².